The summed E-state index contributed by atoms with van der Waals surface area (Å²) in [4.78, 5) is 43.7. The van der Waals surface area contributed by atoms with Gasteiger partial charge in [0.05, 0.1) is 10.9 Å². The predicted octanol–water partition coefficient (Wildman–Crippen LogP) is 4.50. The molecular formula is C27H25N3O3. The average Bonchev–Trinajstić information content (AvgIpc) is 2.78. The number of aromatic nitrogens is 2. The van der Waals surface area contributed by atoms with Crippen LogP contribution in [0.1, 0.15) is 38.3 Å². The molecule has 0 saturated heterocycles. The summed E-state index contributed by atoms with van der Waals surface area (Å²) in [6.45, 7) is 7.64. The predicted molar refractivity (Wildman–Crippen MR) is 130 cm³/mol. The molecule has 166 valence electrons. The van der Waals surface area contributed by atoms with Gasteiger partial charge in [-0.15, -0.1) is 0 Å². The lowest BCUT2D eigenvalue weighted by Crippen LogP contribution is -2.25. The zero-order valence-corrected chi connectivity index (χ0v) is 19.1. The number of carbonyl (C=O) groups is 2. The zero-order chi connectivity index (χ0) is 23.7. The second-order valence-corrected chi connectivity index (χ2v) is 8.34. The van der Waals surface area contributed by atoms with E-state index in [0.29, 0.717) is 22.3 Å². The molecule has 2 aromatic heterocycles. The van der Waals surface area contributed by atoms with Crippen molar-refractivity contribution in [2.24, 2.45) is 0 Å². The number of amides is 1. The van der Waals surface area contributed by atoms with Crippen molar-refractivity contribution in [2.45, 2.75) is 34.2 Å². The van der Waals surface area contributed by atoms with E-state index in [1.54, 1.807) is 41.0 Å². The van der Waals surface area contributed by atoms with Crippen molar-refractivity contribution in [3.05, 3.63) is 105 Å². The van der Waals surface area contributed by atoms with Crippen LogP contribution in [-0.2, 0) is 11.3 Å². The van der Waals surface area contributed by atoms with E-state index in [0.717, 1.165) is 22.4 Å². The van der Waals surface area contributed by atoms with Crippen LogP contribution in [0.15, 0.2) is 65.6 Å². The second kappa shape index (κ2) is 8.82. The van der Waals surface area contributed by atoms with Gasteiger partial charge in [-0.3, -0.25) is 14.4 Å². The third kappa shape index (κ3) is 4.46. The molecule has 0 fully saturated rings. The van der Waals surface area contributed by atoms with Crippen molar-refractivity contribution >= 4 is 28.4 Å². The molecule has 1 amide bonds. The molecule has 0 spiro atoms. The summed E-state index contributed by atoms with van der Waals surface area (Å²) in [6.07, 6.45) is 1.45. The molecule has 0 radical (unpaired) electrons. The lowest BCUT2D eigenvalue weighted by atomic mass is 10.0. The molecular weight excluding hydrogens is 414 g/mol. The first-order chi connectivity index (χ1) is 15.7. The maximum atomic E-state index is 13.1. The van der Waals surface area contributed by atoms with E-state index in [4.69, 9.17) is 0 Å². The minimum absolute atomic E-state index is 0.00912. The van der Waals surface area contributed by atoms with E-state index in [-0.39, 0.29) is 23.8 Å². The molecule has 33 heavy (non-hydrogen) atoms. The average molecular weight is 440 g/mol. The lowest BCUT2D eigenvalue weighted by Gasteiger charge is -2.15. The molecule has 6 heteroatoms. The summed E-state index contributed by atoms with van der Waals surface area (Å²) < 4.78 is 1.58. The molecule has 0 bridgehead atoms. The fourth-order valence-corrected chi connectivity index (χ4v) is 4.10. The molecule has 4 rings (SSSR count). The van der Waals surface area contributed by atoms with E-state index in [9.17, 15) is 14.4 Å². The Hall–Kier alpha value is -4.06. The van der Waals surface area contributed by atoms with Gasteiger partial charge in [0.15, 0.2) is 5.78 Å². The summed E-state index contributed by atoms with van der Waals surface area (Å²) in [7, 11) is 0. The fraction of sp³-hybridized carbons (Fsp3) is 0.185. The van der Waals surface area contributed by atoms with Gasteiger partial charge in [0.1, 0.15) is 12.2 Å². The van der Waals surface area contributed by atoms with Crippen molar-refractivity contribution < 1.29 is 9.59 Å². The van der Waals surface area contributed by atoms with Crippen LogP contribution in [0.4, 0.5) is 5.69 Å². The van der Waals surface area contributed by atoms with Crippen molar-refractivity contribution in [3.8, 4) is 0 Å². The van der Waals surface area contributed by atoms with Gasteiger partial charge in [0, 0.05) is 23.1 Å². The Bertz CT molecular complexity index is 1430. The van der Waals surface area contributed by atoms with E-state index < -0.39 is 5.43 Å². The van der Waals surface area contributed by atoms with E-state index >= 15 is 0 Å². The van der Waals surface area contributed by atoms with E-state index in [1.165, 1.54) is 6.20 Å². The normalized spacial score (nSPS) is 10.9. The smallest absolute Gasteiger partial charge is 0.244 e. The van der Waals surface area contributed by atoms with E-state index in [2.05, 4.69) is 10.3 Å². The van der Waals surface area contributed by atoms with Gasteiger partial charge in [-0.25, -0.2) is 4.98 Å². The van der Waals surface area contributed by atoms with Crippen LogP contribution >= 0.6 is 0 Å². The molecule has 0 unspecified atom stereocenters. The van der Waals surface area contributed by atoms with Crippen LogP contribution in [0.5, 0.6) is 0 Å². The first-order valence-corrected chi connectivity index (χ1v) is 10.7. The van der Waals surface area contributed by atoms with Crippen LogP contribution in [-0.4, -0.2) is 21.2 Å². The highest BCUT2D eigenvalue weighted by Gasteiger charge is 2.19. The molecule has 0 aliphatic rings. The third-order valence-corrected chi connectivity index (χ3v) is 5.60. The maximum Gasteiger partial charge on any atom is 0.244 e. The monoisotopic (exact) mass is 439 g/mol. The number of carbonyl (C=O) groups excluding carboxylic acids is 2. The topological polar surface area (TPSA) is 81.1 Å². The number of pyridine rings is 2. The minimum atomic E-state index is -0.395. The maximum absolute atomic E-state index is 13.1. The second-order valence-electron chi connectivity index (χ2n) is 8.34. The molecule has 2 aromatic carbocycles. The van der Waals surface area contributed by atoms with Gasteiger partial charge >= 0.3 is 0 Å². The summed E-state index contributed by atoms with van der Waals surface area (Å²) in [5.74, 6) is -0.654. The first kappa shape index (κ1) is 22.1. The molecule has 2 heterocycles. The molecule has 0 aliphatic carbocycles. The number of nitrogens with zero attached hydrogens (tertiary/aromatic N) is 2. The SMILES string of the molecule is Cc1cc(C)c(NC(=O)Cn2cc(C(=O)c3ccccc3)c(=O)c3ccc(C)nc32)c(C)c1. The summed E-state index contributed by atoms with van der Waals surface area (Å²) in [5.41, 5.74) is 4.94. The van der Waals surface area contributed by atoms with Crippen LogP contribution in [0.3, 0.4) is 0 Å². The summed E-state index contributed by atoms with van der Waals surface area (Å²) in [5, 5.41) is 3.28. The third-order valence-electron chi connectivity index (χ3n) is 5.60. The summed E-state index contributed by atoms with van der Waals surface area (Å²) >= 11 is 0. The molecule has 4 aromatic rings. The first-order valence-electron chi connectivity index (χ1n) is 10.7. The van der Waals surface area contributed by atoms with Gasteiger partial charge in [-0.1, -0.05) is 48.0 Å². The van der Waals surface area contributed by atoms with Crippen molar-refractivity contribution in [1.82, 2.24) is 9.55 Å². The number of hydrogen-bond donors (Lipinski definition) is 1. The number of rotatable bonds is 5. The number of aryl methyl sites for hydroxylation is 4. The van der Waals surface area contributed by atoms with Crippen LogP contribution in [0.2, 0.25) is 0 Å². The number of benzene rings is 2. The quantitative estimate of drug-likeness (QED) is 0.464. The lowest BCUT2D eigenvalue weighted by molar-refractivity contribution is -0.116. The Morgan fingerprint density at radius 3 is 2.27 bits per heavy atom. The summed E-state index contributed by atoms with van der Waals surface area (Å²) in [6, 6.07) is 16.0. The molecule has 0 atom stereocenters. The van der Waals surface area contributed by atoms with Crippen LogP contribution in [0, 0.1) is 27.7 Å². The fourth-order valence-electron chi connectivity index (χ4n) is 4.10. The number of fused-ring (bicyclic) bond motifs is 1. The van der Waals surface area contributed by atoms with Gasteiger partial charge in [0.2, 0.25) is 11.3 Å². The number of ketones is 1. The Morgan fingerprint density at radius 2 is 1.61 bits per heavy atom. The van der Waals surface area contributed by atoms with Crippen molar-refractivity contribution in [1.29, 1.82) is 0 Å². The highest BCUT2D eigenvalue weighted by Crippen LogP contribution is 2.22. The zero-order valence-electron chi connectivity index (χ0n) is 19.1. The minimum Gasteiger partial charge on any atom is -0.324 e. The van der Waals surface area contributed by atoms with E-state index in [1.807, 2.05) is 45.9 Å². The van der Waals surface area contributed by atoms with Gasteiger partial charge in [-0.05, 0) is 51.0 Å². The number of hydrogen-bond acceptors (Lipinski definition) is 4. The molecule has 1 N–H and O–H groups in total. The Kier molecular flexibility index (Phi) is 5.92. The van der Waals surface area contributed by atoms with Crippen molar-refractivity contribution in [2.75, 3.05) is 5.32 Å². The highest BCUT2D eigenvalue weighted by molar-refractivity contribution is 6.10. The van der Waals surface area contributed by atoms with Gasteiger partial charge in [0.25, 0.3) is 0 Å². The van der Waals surface area contributed by atoms with Crippen LogP contribution < -0.4 is 10.7 Å². The Labute approximate surface area is 191 Å². The largest absolute Gasteiger partial charge is 0.324 e. The van der Waals surface area contributed by atoms with Gasteiger partial charge in [-0.2, -0.15) is 0 Å². The molecule has 0 saturated carbocycles. The Morgan fingerprint density at radius 1 is 0.939 bits per heavy atom. The molecule has 6 nitrogen and oxygen atoms in total. The number of anilines is 1. The van der Waals surface area contributed by atoms with Crippen LogP contribution in [0.25, 0.3) is 11.0 Å². The number of nitrogens with one attached hydrogen (secondary N) is 1. The van der Waals surface area contributed by atoms with Gasteiger partial charge < -0.3 is 9.88 Å². The van der Waals surface area contributed by atoms with Crippen molar-refractivity contribution in [3.63, 3.8) is 0 Å². The standard InChI is InChI=1S/C27H25N3O3/c1-16-12-17(2)24(18(3)13-16)29-23(31)15-30-14-22(25(32)20-8-6-5-7-9-20)26(33)21-11-10-19(4)28-27(21)30/h5-14H,15H2,1-4H3,(H,29,31). The molecule has 0 aliphatic heterocycles. The highest BCUT2D eigenvalue weighted by atomic mass is 16.2. The Balaban J connectivity index is 1.77.